The van der Waals surface area contributed by atoms with Crippen molar-refractivity contribution in [3.63, 3.8) is 0 Å². The van der Waals surface area contributed by atoms with E-state index >= 15 is 0 Å². The Morgan fingerprint density at radius 2 is 1.19 bits per heavy atom. The molecule has 0 amide bonds. The van der Waals surface area contributed by atoms with Gasteiger partial charge in [0.05, 0.1) is 21.3 Å². The molecule has 0 unspecified atom stereocenters. The smallest absolute Gasteiger partial charge is 0.422 e. The van der Waals surface area contributed by atoms with Crippen LogP contribution < -0.4 is 0 Å². The zero-order valence-electron chi connectivity index (χ0n) is 13.3. The summed E-state index contributed by atoms with van der Waals surface area (Å²) in [4.78, 5) is 30.1. The van der Waals surface area contributed by atoms with Crippen LogP contribution in [0.15, 0.2) is 37.0 Å². The highest BCUT2D eigenvalue weighted by atomic mass is 19.4. The van der Waals surface area contributed by atoms with Crippen molar-refractivity contribution in [2.45, 2.75) is 35.4 Å². The van der Waals surface area contributed by atoms with Crippen molar-refractivity contribution < 1.29 is 41.8 Å². The number of methoxy groups -OCH3 is 3. The Morgan fingerprint density at radius 1 is 0.846 bits per heavy atom. The van der Waals surface area contributed by atoms with Gasteiger partial charge in [0, 0.05) is 11.6 Å². The van der Waals surface area contributed by atoms with Gasteiger partial charge in [0.25, 0.3) is 0 Å². The van der Waals surface area contributed by atoms with Crippen LogP contribution in [0.1, 0.15) is 29.2 Å². The summed E-state index contributed by atoms with van der Waals surface area (Å²) in [5.41, 5.74) is -1.06. The average Bonchev–Trinajstić information content (AvgIpc) is 2.51. The predicted octanol–water partition coefficient (Wildman–Crippen LogP) is 4.27. The molecule has 0 aliphatic carbocycles. The van der Waals surface area contributed by atoms with Crippen LogP contribution in [0, 0.1) is 0 Å². The number of halogens is 3. The SMILES string of the molecule is C.C.C.C=C(C(=O)OC)C(F)(F)F.C=C(C)C(=O)OC.C=CC(=O)OC. The van der Waals surface area contributed by atoms with E-state index in [1.54, 1.807) is 6.92 Å². The summed E-state index contributed by atoms with van der Waals surface area (Å²) < 4.78 is 46.7. The van der Waals surface area contributed by atoms with Gasteiger partial charge in [-0.2, -0.15) is 13.2 Å². The second kappa shape index (κ2) is 20.5. The molecule has 156 valence electrons. The molecule has 6 nitrogen and oxygen atoms in total. The van der Waals surface area contributed by atoms with E-state index < -0.39 is 23.7 Å². The van der Waals surface area contributed by atoms with Gasteiger partial charge in [-0.05, 0) is 6.92 Å². The van der Waals surface area contributed by atoms with Crippen LogP contribution in [0.3, 0.4) is 0 Å². The first kappa shape index (κ1) is 38.8. The minimum atomic E-state index is -4.69. The molecular weight excluding hydrogens is 357 g/mol. The minimum Gasteiger partial charge on any atom is -0.466 e. The maximum absolute atomic E-state index is 11.5. The zero-order chi connectivity index (χ0) is 19.2. The van der Waals surface area contributed by atoms with Crippen molar-refractivity contribution in [2.75, 3.05) is 21.3 Å². The van der Waals surface area contributed by atoms with Gasteiger partial charge in [-0.3, -0.25) is 0 Å². The Hall–Kier alpha value is -2.58. The molecule has 0 saturated carbocycles. The van der Waals surface area contributed by atoms with Gasteiger partial charge in [0.2, 0.25) is 0 Å². The van der Waals surface area contributed by atoms with Crippen molar-refractivity contribution in [2.24, 2.45) is 0 Å². The molecular formula is C17H31F3O6. The number of rotatable bonds is 3. The summed E-state index contributed by atoms with van der Waals surface area (Å²) in [5.74, 6) is -2.19. The fraction of sp³-hybridized carbons (Fsp3) is 0.471. The normalized spacial score (nSPS) is 7.81. The van der Waals surface area contributed by atoms with Crippen LogP contribution in [-0.4, -0.2) is 45.4 Å². The molecule has 0 N–H and O–H groups in total. The Balaban J connectivity index is -0.0000000564. The van der Waals surface area contributed by atoms with Crippen molar-refractivity contribution in [1.29, 1.82) is 0 Å². The third kappa shape index (κ3) is 23.7. The quantitative estimate of drug-likeness (QED) is 0.408. The Kier molecular flexibility index (Phi) is 30.5. The first-order valence-corrected chi connectivity index (χ1v) is 5.67. The summed E-state index contributed by atoms with van der Waals surface area (Å²) in [6.45, 7) is 10.6. The van der Waals surface area contributed by atoms with Crippen LogP contribution in [0.5, 0.6) is 0 Å². The molecule has 0 rings (SSSR count). The molecule has 0 atom stereocenters. The standard InChI is InChI=1S/C5H5F3O2.C5H8O2.C4H6O2.3CH4/c1-3(4(9)10-2)5(6,7)8;1-4(2)5(6)7-3;1-3-4(5)6-2;;;/h1H2,2H3;1H2,2-3H3;3H,1H2,2H3;3*1H4. The fourth-order valence-electron chi connectivity index (χ4n) is 0.496. The summed E-state index contributed by atoms with van der Waals surface area (Å²) >= 11 is 0. The summed E-state index contributed by atoms with van der Waals surface area (Å²) in [7, 11) is 3.50. The molecule has 0 fully saturated rings. The van der Waals surface area contributed by atoms with Crippen LogP contribution >= 0.6 is 0 Å². The van der Waals surface area contributed by atoms with Gasteiger partial charge < -0.3 is 14.2 Å². The van der Waals surface area contributed by atoms with E-state index in [1.165, 1.54) is 14.2 Å². The molecule has 26 heavy (non-hydrogen) atoms. The molecule has 0 aliphatic heterocycles. The lowest BCUT2D eigenvalue weighted by molar-refractivity contribution is -0.148. The van der Waals surface area contributed by atoms with E-state index in [1.807, 2.05) is 0 Å². The fourth-order valence-corrected chi connectivity index (χ4v) is 0.496. The average molecular weight is 388 g/mol. The van der Waals surface area contributed by atoms with E-state index in [9.17, 15) is 27.6 Å². The second-order valence-electron chi connectivity index (χ2n) is 3.47. The van der Waals surface area contributed by atoms with E-state index in [2.05, 4.69) is 33.9 Å². The molecule has 0 aliphatic rings. The van der Waals surface area contributed by atoms with Crippen LogP contribution in [-0.2, 0) is 28.6 Å². The maximum atomic E-state index is 11.5. The number of hydrogen-bond acceptors (Lipinski definition) is 6. The number of carbonyl (C=O) groups is 3. The number of ether oxygens (including phenoxy) is 3. The second-order valence-corrected chi connectivity index (χ2v) is 3.47. The number of carbonyl (C=O) groups excluding carboxylic acids is 3. The van der Waals surface area contributed by atoms with E-state index in [0.717, 1.165) is 13.2 Å². The van der Waals surface area contributed by atoms with E-state index in [0.29, 0.717) is 5.57 Å². The number of esters is 3. The molecule has 0 bridgehead atoms. The van der Waals surface area contributed by atoms with Gasteiger partial charge in [-0.15, -0.1) is 0 Å². The van der Waals surface area contributed by atoms with Crippen LogP contribution in [0.25, 0.3) is 0 Å². The molecule has 0 saturated heterocycles. The monoisotopic (exact) mass is 388 g/mol. The van der Waals surface area contributed by atoms with Gasteiger partial charge in [-0.1, -0.05) is 42.0 Å². The maximum Gasteiger partial charge on any atom is 0.422 e. The summed E-state index contributed by atoms with van der Waals surface area (Å²) in [6.07, 6.45) is -3.58. The first-order chi connectivity index (χ1) is 10.4. The topological polar surface area (TPSA) is 78.9 Å². The van der Waals surface area contributed by atoms with Crippen molar-refractivity contribution >= 4 is 17.9 Å². The van der Waals surface area contributed by atoms with E-state index in [-0.39, 0.29) is 28.2 Å². The Bertz CT molecular complexity index is 454. The molecule has 0 aromatic carbocycles. The third-order valence-corrected chi connectivity index (χ3v) is 1.68. The lowest BCUT2D eigenvalue weighted by atomic mass is 10.3. The number of alkyl halides is 3. The highest BCUT2D eigenvalue weighted by Crippen LogP contribution is 2.24. The van der Waals surface area contributed by atoms with Gasteiger partial charge in [0.1, 0.15) is 5.57 Å². The lowest BCUT2D eigenvalue weighted by Crippen LogP contribution is -2.19. The largest absolute Gasteiger partial charge is 0.466 e. The van der Waals surface area contributed by atoms with E-state index in [4.69, 9.17) is 0 Å². The molecule has 0 aromatic rings. The summed E-state index contributed by atoms with van der Waals surface area (Å²) in [5, 5.41) is 0. The molecule has 0 spiro atoms. The molecule has 9 heteroatoms. The lowest BCUT2D eigenvalue weighted by Gasteiger charge is -2.05. The minimum absolute atomic E-state index is 0. The van der Waals surface area contributed by atoms with Crippen LogP contribution in [0.2, 0.25) is 0 Å². The molecule has 0 aromatic heterocycles. The predicted molar refractivity (Wildman–Crippen MR) is 96.4 cm³/mol. The van der Waals surface area contributed by atoms with Crippen LogP contribution in [0.4, 0.5) is 13.2 Å². The van der Waals surface area contributed by atoms with Gasteiger partial charge >= 0.3 is 24.1 Å². The number of hydrogen-bond donors (Lipinski definition) is 0. The van der Waals surface area contributed by atoms with Crippen molar-refractivity contribution in [1.82, 2.24) is 0 Å². The van der Waals surface area contributed by atoms with Crippen molar-refractivity contribution in [3.05, 3.63) is 37.0 Å². The van der Waals surface area contributed by atoms with Gasteiger partial charge in [0.15, 0.2) is 0 Å². The Labute approximate surface area is 154 Å². The first-order valence-electron chi connectivity index (χ1n) is 5.67. The summed E-state index contributed by atoms with van der Waals surface area (Å²) in [6, 6.07) is 0. The highest BCUT2D eigenvalue weighted by Gasteiger charge is 2.37. The van der Waals surface area contributed by atoms with Gasteiger partial charge in [-0.25, -0.2) is 14.4 Å². The Morgan fingerprint density at radius 3 is 1.23 bits per heavy atom. The van der Waals surface area contributed by atoms with Crippen molar-refractivity contribution in [3.8, 4) is 0 Å². The zero-order valence-corrected chi connectivity index (χ0v) is 13.3. The third-order valence-electron chi connectivity index (χ3n) is 1.68. The molecule has 0 radical (unpaired) electrons. The highest BCUT2D eigenvalue weighted by molar-refractivity contribution is 5.89. The molecule has 0 heterocycles.